The molecule has 1 unspecified atom stereocenters. The fourth-order valence-electron chi connectivity index (χ4n) is 3.20. The van der Waals surface area contributed by atoms with Crippen LogP contribution in [0.15, 0.2) is 29.1 Å². The number of nitrogens with zero attached hydrogens (tertiary/aromatic N) is 1. The maximum Gasteiger partial charge on any atom is 0.200 e. The van der Waals surface area contributed by atoms with E-state index in [1.54, 1.807) is 6.07 Å². The van der Waals surface area contributed by atoms with Gasteiger partial charge in [0.15, 0.2) is 11.2 Å². The standard InChI is InChI=1S/C17H19NO2/c1-10(2)11-8-14-16(15(19)9-11)17(20)12-6-4-5-7-13(12)18(14)3/h4-7,10-11H,8-9H2,1-3H3. The average molecular weight is 269 g/mol. The van der Waals surface area contributed by atoms with Gasteiger partial charge in [-0.15, -0.1) is 0 Å². The average Bonchev–Trinajstić information content (AvgIpc) is 2.44. The summed E-state index contributed by atoms with van der Waals surface area (Å²) in [6.45, 7) is 4.28. The Morgan fingerprint density at radius 3 is 2.55 bits per heavy atom. The van der Waals surface area contributed by atoms with Gasteiger partial charge in [-0.1, -0.05) is 26.0 Å². The molecule has 0 spiro atoms. The van der Waals surface area contributed by atoms with Crippen molar-refractivity contribution in [2.75, 3.05) is 0 Å². The van der Waals surface area contributed by atoms with Crippen molar-refractivity contribution in [3.63, 3.8) is 0 Å². The molecule has 3 nitrogen and oxygen atoms in total. The minimum Gasteiger partial charge on any atom is -0.347 e. The van der Waals surface area contributed by atoms with E-state index in [1.165, 1.54) is 0 Å². The summed E-state index contributed by atoms with van der Waals surface area (Å²) in [6, 6.07) is 7.53. The van der Waals surface area contributed by atoms with Crippen molar-refractivity contribution in [2.24, 2.45) is 18.9 Å². The third-order valence-electron chi connectivity index (χ3n) is 4.56. The highest BCUT2D eigenvalue weighted by atomic mass is 16.1. The summed E-state index contributed by atoms with van der Waals surface area (Å²) in [5.41, 5.74) is 2.14. The van der Waals surface area contributed by atoms with Crippen LogP contribution in [0.3, 0.4) is 0 Å². The molecule has 0 bridgehead atoms. The Bertz CT molecular complexity index is 755. The van der Waals surface area contributed by atoms with E-state index in [9.17, 15) is 9.59 Å². The van der Waals surface area contributed by atoms with Crippen LogP contribution in [0.2, 0.25) is 0 Å². The van der Waals surface area contributed by atoms with Crippen LogP contribution in [0, 0.1) is 11.8 Å². The maximum atomic E-state index is 12.6. The Hall–Kier alpha value is -1.90. The van der Waals surface area contributed by atoms with Gasteiger partial charge >= 0.3 is 0 Å². The molecule has 0 fully saturated rings. The quantitative estimate of drug-likeness (QED) is 0.798. The summed E-state index contributed by atoms with van der Waals surface area (Å²) in [5, 5.41) is 0.644. The molecular weight excluding hydrogens is 250 g/mol. The molecule has 0 radical (unpaired) electrons. The van der Waals surface area contributed by atoms with E-state index >= 15 is 0 Å². The summed E-state index contributed by atoms with van der Waals surface area (Å²) in [7, 11) is 1.95. The van der Waals surface area contributed by atoms with Crippen LogP contribution in [-0.4, -0.2) is 10.4 Å². The minimum absolute atomic E-state index is 0.0105. The number of rotatable bonds is 1. The van der Waals surface area contributed by atoms with Crippen LogP contribution < -0.4 is 5.43 Å². The lowest BCUT2D eigenvalue weighted by molar-refractivity contribution is 0.0929. The number of fused-ring (bicyclic) bond motifs is 2. The molecule has 1 aliphatic carbocycles. The number of Topliss-reactive ketones (excluding diaryl/α,β-unsaturated/α-hetero) is 1. The van der Waals surface area contributed by atoms with E-state index in [0.29, 0.717) is 29.2 Å². The number of pyridine rings is 1. The van der Waals surface area contributed by atoms with Crippen molar-refractivity contribution < 1.29 is 4.79 Å². The second-order valence-corrected chi connectivity index (χ2v) is 6.06. The Morgan fingerprint density at radius 1 is 1.15 bits per heavy atom. The molecule has 3 rings (SSSR count). The zero-order valence-electron chi connectivity index (χ0n) is 12.1. The largest absolute Gasteiger partial charge is 0.347 e. The topological polar surface area (TPSA) is 39.1 Å². The SMILES string of the molecule is CC(C)C1CC(=O)c2c(n(C)c3ccccc3c2=O)C1. The molecule has 1 aliphatic rings. The summed E-state index contributed by atoms with van der Waals surface area (Å²) in [5.74, 6) is 0.798. The van der Waals surface area contributed by atoms with Crippen molar-refractivity contribution in [3.05, 3.63) is 45.7 Å². The van der Waals surface area contributed by atoms with Crippen LogP contribution in [0.5, 0.6) is 0 Å². The molecule has 3 heteroatoms. The Kier molecular flexibility index (Phi) is 3.00. The number of aromatic nitrogens is 1. The number of ketones is 1. The molecule has 1 heterocycles. The Labute approximate surface area is 118 Å². The number of aryl methyl sites for hydroxylation is 1. The number of hydrogen-bond acceptors (Lipinski definition) is 2. The summed E-state index contributed by atoms with van der Waals surface area (Å²) in [4.78, 5) is 25.0. The smallest absolute Gasteiger partial charge is 0.200 e. The molecule has 1 aromatic heterocycles. The third kappa shape index (κ3) is 1.80. The number of hydrogen-bond donors (Lipinski definition) is 0. The van der Waals surface area contributed by atoms with Gasteiger partial charge in [-0.3, -0.25) is 9.59 Å². The molecule has 20 heavy (non-hydrogen) atoms. The van der Waals surface area contributed by atoms with Gasteiger partial charge in [0.25, 0.3) is 0 Å². The lowest BCUT2D eigenvalue weighted by Crippen LogP contribution is -2.32. The van der Waals surface area contributed by atoms with Gasteiger partial charge in [-0.2, -0.15) is 0 Å². The lowest BCUT2D eigenvalue weighted by atomic mass is 9.79. The molecule has 1 atom stereocenters. The Morgan fingerprint density at radius 2 is 1.85 bits per heavy atom. The van der Waals surface area contributed by atoms with Crippen LogP contribution >= 0.6 is 0 Å². The molecular formula is C17H19NO2. The highest BCUT2D eigenvalue weighted by Crippen LogP contribution is 2.30. The van der Waals surface area contributed by atoms with Gasteiger partial charge in [0.05, 0.1) is 11.1 Å². The van der Waals surface area contributed by atoms with E-state index in [4.69, 9.17) is 0 Å². The number of para-hydroxylation sites is 1. The fourth-order valence-corrected chi connectivity index (χ4v) is 3.20. The molecule has 1 aromatic carbocycles. The first-order valence-corrected chi connectivity index (χ1v) is 7.14. The van der Waals surface area contributed by atoms with Gasteiger partial charge in [-0.05, 0) is 30.4 Å². The number of benzene rings is 1. The summed E-state index contributed by atoms with van der Waals surface area (Å²) < 4.78 is 2.03. The second kappa shape index (κ2) is 4.58. The zero-order chi connectivity index (χ0) is 14.4. The van der Waals surface area contributed by atoms with Crippen molar-refractivity contribution in [3.8, 4) is 0 Å². The van der Waals surface area contributed by atoms with Crippen LogP contribution in [0.25, 0.3) is 10.9 Å². The summed E-state index contributed by atoms with van der Waals surface area (Å²) in [6.07, 6.45) is 1.31. The molecule has 2 aromatic rings. The van der Waals surface area contributed by atoms with Crippen LogP contribution in [0.4, 0.5) is 0 Å². The van der Waals surface area contributed by atoms with Gasteiger partial charge in [0, 0.05) is 24.5 Å². The van der Waals surface area contributed by atoms with Crippen LogP contribution in [-0.2, 0) is 13.5 Å². The normalized spacial score (nSPS) is 18.6. The lowest BCUT2D eigenvalue weighted by Gasteiger charge is -2.28. The van der Waals surface area contributed by atoms with E-state index in [1.807, 2.05) is 29.8 Å². The molecule has 0 amide bonds. The zero-order valence-corrected chi connectivity index (χ0v) is 12.1. The second-order valence-electron chi connectivity index (χ2n) is 6.06. The fraction of sp³-hybridized carbons (Fsp3) is 0.412. The first-order valence-electron chi connectivity index (χ1n) is 7.14. The van der Waals surface area contributed by atoms with Crippen molar-refractivity contribution in [2.45, 2.75) is 26.7 Å². The van der Waals surface area contributed by atoms with Crippen molar-refractivity contribution >= 4 is 16.7 Å². The maximum absolute atomic E-state index is 12.6. The first-order chi connectivity index (χ1) is 9.50. The van der Waals surface area contributed by atoms with Crippen molar-refractivity contribution in [1.82, 2.24) is 4.57 Å². The predicted molar refractivity (Wildman–Crippen MR) is 80.2 cm³/mol. The highest BCUT2D eigenvalue weighted by Gasteiger charge is 2.31. The van der Waals surface area contributed by atoms with Gasteiger partial charge in [0.1, 0.15) is 0 Å². The third-order valence-corrected chi connectivity index (χ3v) is 4.56. The van der Waals surface area contributed by atoms with E-state index < -0.39 is 0 Å². The number of carbonyl (C=O) groups is 1. The molecule has 0 aliphatic heterocycles. The van der Waals surface area contributed by atoms with E-state index in [0.717, 1.165) is 17.6 Å². The Balaban J connectivity index is 2.33. The van der Waals surface area contributed by atoms with Gasteiger partial charge in [0.2, 0.25) is 0 Å². The number of carbonyl (C=O) groups excluding carboxylic acids is 1. The molecule has 0 N–H and O–H groups in total. The van der Waals surface area contributed by atoms with Gasteiger partial charge in [-0.25, -0.2) is 0 Å². The molecule has 0 saturated heterocycles. The van der Waals surface area contributed by atoms with Crippen molar-refractivity contribution in [1.29, 1.82) is 0 Å². The minimum atomic E-state index is -0.0964. The van der Waals surface area contributed by atoms with E-state index in [-0.39, 0.29) is 11.2 Å². The predicted octanol–water partition coefficient (Wildman–Crippen LogP) is 2.94. The van der Waals surface area contributed by atoms with E-state index in [2.05, 4.69) is 13.8 Å². The molecule has 104 valence electrons. The molecule has 0 saturated carbocycles. The summed E-state index contributed by atoms with van der Waals surface area (Å²) >= 11 is 0. The first kappa shape index (κ1) is 13.1. The van der Waals surface area contributed by atoms with Crippen LogP contribution in [0.1, 0.15) is 36.3 Å². The highest BCUT2D eigenvalue weighted by molar-refractivity contribution is 6.01. The monoisotopic (exact) mass is 269 g/mol. The van der Waals surface area contributed by atoms with Gasteiger partial charge < -0.3 is 4.57 Å².